The monoisotopic (exact) mass is 488 g/mol. The molecule has 1 atom stereocenters. The van der Waals surface area contributed by atoms with Crippen LogP contribution in [0.1, 0.15) is 70.6 Å². The van der Waals surface area contributed by atoms with E-state index in [1.165, 1.54) is 51.4 Å². The Hall–Kier alpha value is -0.530. The van der Waals surface area contributed by atoms with Gasteiger partial charge in [0.2, 0.25) is 5.91 Å². The molecule has 4 fully saturated rings. The summed E-state index contributed by atoms with van der Waals surface area (Å²) in [6, 6.07) is 0.340. The molecule has 0 aromatic rings. The normalized spacial score (nSPS) is 28.3. The van der Waals surface area contributed by atoms with Gasteiger partial charge in [-0.25, -0.2) is 0 Å². The highest BCUT2D eigenvalue weighted by Gasteiger charge is 2.48. The van der Waals surface area contributed by atoms with Crippen molar-refractivity contribution in [2.45, 2.75) is 76.7 Å². The SMILES string of the molecule is CN=C(NCC1(C2CC2)CCC1)NC1CCN(C(=O)C2CCCCC2)C1.I. The molecule has 0 bridgehead atoms. The molecule has 1 aliphatic heterocycles. The van der Waals surface area contributed by atoms with Crippen molar-refractivity contribution in [1.82, 2.24) is 15.5 Å². The summed E-state index contributed by atoms with van der Waals surface area (Å²) < 4.78 is 0. The van der Waals surface area contributed by atoms with E-state index in [0.717, 1.165) is 50.8 Å². The summed E-state index contributed by atoms with van der Waals surface area (Å²) in [6.07, 6.45) is 14.0. The van der Waals surface area contributed by atoms with Gasteiger partial charge in [-0.15, -0.1) is 24.0 Å². The van der Waals surface area contributed by atoms with E-state index in [-0.39, 0.29) is 29.9 Å². The van der Waals surface area contributed by atoms with E-state index in [1.54, 1.807) is 0 Å². The van der Waals surface area contributed by atoms with Crippen LogP contribution in [0, 0.1) is 17.3 Å². The van der Waals surface area contributed by atoms with Gasteiger partial charge in [-0.1, -0.05) is 25.7 Å². The van der Waals surface area contributed by atoms with E-state index in [4.69, 9.17) is 0 Å². The summed E-state index contributed by atoms with van der Waals surface area (Å²) in [7, 11) is 1.86. The van der Waals surface area contributed by atoms with Crippen molar-refractivity contribution in [3.05, 3.63) is 0 Å². The molecular formula is C21H37IN4O. The summed E-state index contributed by atoms with van der Waals surface area (Å²) in [5.41, 5.74) is 0.552. The number of amides is 1. The van der Waals surface area contributed by atoms with Gasteiger partial charge in [-0.3, -0.25) is 9.79 Å². The summed E-state index contributed by atoms with van der Waals surface area (Å²) >= 11 is 0. The Labute approximate surface area is 181 Å². The molecule has 6 heteroatoms. The van der Waals surface area contributed by atoms with Crippen LogP contribution >= 0.6 is 24.0 Å². The summed E-state index contributed by atoms with van der Waals surface area (Å²) in [6.45, 7) is 2.80. The lowest BCUT2D eigenvalue weighted by molar-refractivity contribution is -0.135. The Balaban J connectivity index is 0.00000210. The molecule has 1 heterocycles. The summed E-state index contributed by atoms with van der Waals surface area (Å²) in [5.74, 6) is 2.57. The van der Waals surface area contributed by atoms with Crippen molar-refractivity contribution >= 4 is 35.8 Å². The Kier molecular flexibility index (Phi) is 7.31. The van der Waals surface area contributed by atoms with E-state index in [0.29, 0.717) is 17.4 Å². The quantitative estimate of drug-likeness (QED) is 0.354. The van der Waals surface area contributed by atoms with Crippen molar-refractivity contribution < 1.29 is 4.79 Å². The van der Waals surface area contributed by atoms with Gasteiger partial charge in [0.1, 0.15) is 0 Å². The molecule has 0 aromatic carbocycles. The number of aliphatic imine (C=N–C) groups is 1. The smallest absolute Gasteiger partial charge is 0.225 e. The third-order valence-corrected chi connectivity index (χ3v) is 7.42. The molecule has 1 unspecified atom stereocenters. The first-order valence-corrected chi connectivity index (χ1v) is 11.0. The number of carbonyl (C=O) groups excluding carboxylic acids is 1. The fraction of sp³-hybridized carbons (Fsp3) is 0.905. The molecule has 4 aliphatic rings. The number of hydrogen-bond donors (Lipinski definition) is 2. The van der Waals surface area contributed by atoms with E-state index in [1.807, 2.05) is 7.05 Å². The van der Waals surface area contributed by atoms with E-state index < -0.39 is 0 Å². The third-order valence-electron chi connectivity index (χ3n) is 7.42. The second-order valence-electron chi connectivity index (χ2n) is 9.17. The average Bonchev–Trinajstić information content (AvgIpc) is 3.38. The molecular weight excluding hydrogens is 451 g/mol. The molecule has 4 rings (SSSR count). The topological polar surface area (TPSA) is 56.7 Å². The fourth-order valence-electron chi connectivity index (χ4n) is 5.39. The third kappa shape index (κ3) is 4.91. The molecule has 3 aliphatic carbocycles. The van der Waals surface area contributed by atoms with Gasteiger partial charge >= 0.3 is 0 Å². The van der Waals surface area contributed by atoms with Gasteiger partial charge < -0.3 is 15.5 Å². The zero-order valence-electron chi connectivity index (χ0n) is 16.8. The number of nitrogens with one attached hydrogen (secondary N) is 2. The molecule has 5 nitrogen and oxygen atoms in total. The Bertz CT molecular complexity index is 538. The maximum absolute atomic E-state index is 12.7. The molecule has 2 N–H and O–H groups in total. The highest BCUT2D eigenvalue weighted by Crippen LogP contribution is 2.56. The average molecular weight is 488 g/mol. The van der Waals surface area contributed by atoms with E-state index in [2.05, 4.69) is 20.5 Å². The first-order chi connectivity index (χ1) is 12.7. The minimum atomic E-state index is 0. The molecule has 0 spiro atoms. The molecule has 27 heavy (non-hydrogen) atoms. The molecule has 3 saturated carbocycles. The van der Waals surface area contributed by atoms with Gasteiger partial charge in [0.25, 0.3) is 0 Å². The lowest BCUT2D eigenvalue weighted by Crippen LogP contribution is -2.50. The van der Waals surface area contributed by atoms with Crippen LogP contribution in [-0.4, -0.2) is 49.5 Å². The first-order valence-electron chi connectivity index (χ1n) is 11.0. The minimum absolute atomic E-state index is 0. The summed E-state index contributed by atoms with van der Waals surface area (Å²) in [4.78, 5) is 19.3. The van der Waals surface area contributed by atoms with Crippen LogP contribution in [0.15, 0.2) is 4.99 Å². The molecule has 0 radical (unpaired) electrons. The second kappa shape index (κ2) is 9.31. The number of halogens is 1. The lowest BCUT2D eigenvalue weighted by Gasteiger charge is -2.43. The highest BCUT2D eigenvalue weighted by molar-refractivity contribution is 14.0. The lowest BCUT2D eigenvalue weighted by atomic mass is 9.65. The second-order valence-corrected chi connectivity index (χ2v) is 9.17. The Morgan fingerprint density at radius 1 is 1.07 bits per heavy atom. The minimum Gasteiger partial charge on any atom is -0.356 e. The van der Waals surface area contributed by atoms with E-state index in [9.17, 15) is 4.79 Å². The van der Waals surface area contributed by atoms with Gasteiger partial charge in [0, 0.05) is 38.6 Å². The number of nitrogens with zero attached hydrogens (tertiary/aromatic N) is 2. The Morgan fingerprint density at radius 3 is 2.41 bits per heavy atom. The predicted octanol–water partition coefficient (Wildman–Crippen LogP) is 3.53. The number of guanidine groups is 1. The summed E-state index contributed by atoms with van der Waals surface area (Å²) in [5, 5.41) is 7.18. The van der Waals surface area contributed by atoms with Crippen LogP contribution in [0.5, 0.6) is 0 Å². The Morgan fingerprint density at radius 2 is 1.81 bits per heavy atom. The van der Waals surface area contributed by atoms with Crippen LogP contribution in [-0.2, 0) is 4.79 Å². The van der Waals surface area contributed by atoms with Gasteiger partial charge in [-0.05, 0) is 56.3 Å². The van der Waals surface area contributed by atoms with Crippen LogP contribution in [0.4, 0.5) is 0 Å². The van der Waals surface area contributed by atoms with E-state index >= 15 is 0 Å². The zero-order valence-corrected chi connectivity index (χ0v) is 19.2. The molecule has 1 amide bonds. The van der Waals surface area contributed by atoms with Crippen LogP contribution in [0.25, 0.3) is 0 Å². The van der Waals surface area contributed by atoms with Gasteiger partial charge in [-0.2, -0.15) is 0 Å². The van der Waals surface area contributed by atoms with Crippen molar-refractivity contribution in [1.29, 1.82) is 0 Å². The van der Waals surface area contributed by atoms with Crippen molar-refractivity contribution in [2.75, 3.05) is 26.7 Å². The van der Waals surface area contributed by atoms with Crippen molar-refractivity contribution in [2.24, 2.45) is 22.2 Å². The predicted molar refractivity (Wildman–Crippen MR) is 120 cm³/mol. The van der Waals surface area contributed by atoms with Crippen molar-refractivity contribution in [3.63, 3.8) is 0 Å². The maximum Gasteiger partial charge on any atom is 0.225 e. The fourth-order valence-corrected chi connectivity index (χ4v) is 5.39. The van der Waals surface area contributed by atoms with Crippen LogP contribution < -0.4 is 10.6 Å². The number of likely N-dealkylation sites (tertiary alicyclic amines) is 1. The molecule has 154 valence electrons. The zero-order chi connectivity index (χ0) is 18.0. The largest absolute Gasteiger partial charge is 0.356 e. The standard InChI is InChI=1S/C21H36N4O.HI/c1-22-20(23-15-21(11-5-12-21)17-8-9-17)24-18-10-13-25(14-18)19(26)16-6-3-2-4-7-16;/h16-18H,2-15H2,1H3,(H2,22,23,24);1H. The van der Waals surface area contributed by atoms with Gasteiger partial charge in [0.15, 0.2) is 5.96 Å². The number of rotatable bonds is 5. The molecule has 0 aromatic heterocycles. The van der Waals surface area contributed by atoms with Crippen LogP contribution in [0.3, 0.4) is 0 Å². The highest BCUT2D eigenvalue weighted by atomic mass is 127. The van der Waals surface area contributed by atoms with Crippen molar-refractivity contribution in [3.8, 4) is 0 Å². The van der Waals surface area contributed by atoms with Gasteiger partial charge in [0.05, 0.1) is 0 Å². The number of hydrogen-bond acceptors (Lipinski definition) is 2. The number of carbonyl (C=O) groups is 1. The first kappa shape index (κ1) is 21.2. The maximum atomic E-state index is 12.7. The molecule has 1 saturated heterocycles. The van der Waals surface area contributed by atoms with Crippen LogP contribution in [0.2, 0.25) is 0 Å².